The number of thioether (sulfide) groups is 1. The Morgan fingerprint density at radius 2 is 2.00 bits per heavy atom. The van der Waals surface area contributed by atoms with Crippen LogP contribution in [0, 0.1) is 0 Å². The third-order valence-corrected chi connectivity index (χ3v) is 3.96. The van der Waals surface area contributed by atoms with Crippen molar-refractivity contribution >= 4 is 23.4 Å². The predicted molar refractivity (Wildman–Crippen MR) is 73.1 cm³/mol. The molecule has 2 rings (SSSR count). The lowest BCUT2D eigenvalue weighted by Gasteiger charge is -2.19. The highest BCUT2D eigenvalue weighted by molar-refractivity contribution is 7.99. The minimum atomic E-state index is 0.234. The Morgan fingerprint density at radius 3 is 2.76 bits per heavy atom. The van der Waals surface area contributed by atoms with Gasteiger partial charge in [-0.1, -0.05) is 12.1 Å². The molecule has 1 aromatic carbocycles. The zero-order chi connectivity index (χ0) is 12.1. The Morgan fingerprint density at radius 1 is 1.24 bits per heavy atom. The van der Waals surface area contributed by atoms with Crippen LogP contribution in [0.15, 0.2) is 24.3 Å². The number of nitrogens with zero attached hydrogens (tertiary/aromatic N) is 1. The van der Waals surface area contributed by atoms with Crippen molar-refractivity contribution in [3.05, 3.63) is 29.8 Å². The van der Waals surface area contributed by atoms with Crippen LogP contribution < -0.4 is 5.73 Å². The monoisotopic (exact) mass is 250 g/mol. The summed E-state index contributed by atoms with van der Waals surface area (Å²) in [7, 11) is 0. The highest BCUT2D eigenvalue weighted by Gasteiger charge is 2.15. The molecule has 0 aliphatic carbocycles. The highest BCUT2D eigenvalue weighted by Crippen LogP contribution is 2.12. The van der Waals surface area contributed by atoms with Crippen LogP contribution >= 0.6 is 11.8 Å². The maximum absolute atomic E-state index is 12.1. The van der Waals surface area contributed by atoms with Crippen molar-refractivity contribution in [2.24, 2.45) is 0 Å². The van der Waals surface area contributed by atoms with Gasteiger partial charge in [0.05, 0.1) is 6.42 Å². The number of anilines is 1. The number of nitrogens with two attached hydrogens (primary N) is 1. The van der Waals surface area contributed by atoms with E-state index >= 15 is 0 Å². The summed E-state index contributed by atoms with van der Waals surface area (Å²) < 4.78 is 0. The molecule has 1 aliphatic rings. The molecule has 17 heavy (non-hydrogen) atoms. The first kappa shape index (κ1) is 12.3. The molecule has 92 valence electrons. The maximum Gasteiger partial charge on any atom is 0.227 e. The van der Waals surface area contributed by atoms with E-state index in [1.807, 2.05) is 40.9 Å². The summed E-state index contributed by atoms with van der Waals surface area (Å²) in [6, 6.07) is 7.56. The summed E-state index contributed by atoms with van der Waals surface area (Å²) in [4.78, 5) is 14.1. The summed E-state index contributed by atoms with van der Waals surface area (Å²) in [6.07, 6.45) is 1.60. The van der Waals surface area contributed by atoms with E-state index in [9.17, 15) is 4.79 Å². The lowest BCUT2D eigenvalue weighted by atomic mass is 10.1. The first-order valence-electron chi connectivity index (χ1n) is 5.95. The maximum atomic E-state index is 12.1. The zero-order valence-corrected chi connectivity index (χ0v) is 10.7. The minimum absolute atomic E-state index is 0.234. The van der Waals surface area contributed by atoms with Crippen molar-refractivity contribution in [3.63, 3.8) is 0 Å². The summed E-state index contributed by atoms with van der Waals surface area (Å²) in [6.45, 7) is 1.79. The van der Waals surface area contributed by atoms with E-state index in [2.05, 4.69) is 0 Å². The molecule has 4 heteroatoms. The molecule has 1 aromatic rings. The van der Waals surface area contributed by atoms with Gasteiger partial charge in [0, 0.05) is 24.5 Å². The van der Waals surface area contributed by atoms with Crippen molar-refractivity contribution in [2.45, 2.75) is 12.8 Å². The largest absolute Gasteiger partial charge is 0.399 e. The van der Waals surface area contributed by atoms with Crippen molar-refractivity contribution in [1.82, 2.24) is 4.90 Å². The SMILES string of the molecule is Nc1ccc(CC(=O)N2CCCSCC2)cc1. The van der Waals surface area contributed by atoms with Gasteiger partial charge in [-0.25, -0.2) is 0 Å². The summed E-state index contributed by atoms with van der Waals surface area (Å²) in [5.74, 6) is 2.47. The lowest BCUT2D eigenvalue weighted by Crippen LogP contribution is -2.34. The smallest absolute Gasteiger partial charge is 0.227 e. The number of carbonyl (C=O) groups is 1. The van der Waals surface area contributed by atoms with Gasteiger partial charge in [0.25, 0.3) is 0 Å². The van der Waals surface area contributed by atoms with Gasteiger partial charge < -0.3 is 10.6 Å². The second kappa shape index (κ2) is 5.96. The number of hydrogen-bond donors (Lipinski definition) is 1. The van der Waals surface area contributed by atoms with E-state index in [4.69, 9.17) is 5.73 Å². The molecule has 1 heterocycles. The van der Waals surface area contributed by atoms with Gasteiger partial charge >= 0.3 is 0 Å². The molecule has 1 aliphatic heterocycles. The van der Waals surface area contributed by atoms with Crippen LogP contribution in [0.1, 0.15) is 12.0 Å². The van der Waals surface area contributed by atoms with Crippen LogP contribution in [-0.2, 0) is 11.2 Å². The van der Waals surface area contributed by atoms with Crippen LogP contribution in [0.25, 0.3) is 0 Å². The van der Waals surface area contributed by atoms with E-state index in [1.165, 1.54) is 5.75 Å². The minimum Gasteiger partial charge on any atom is -0.399 e. The van der Waals surface area contributed by atoms with Gasteiger partial charge in [-0.05, 0) is 29.9 Å². The third-order valence-electron chi connectivity index (χ3n) is 2.91. The molecule has 0 aromatic heterocycles. The number of rotatable bonds is 2. The molecule has 3 nitrogen and oxygen atoms in total. The molecular formula is C13H18N2OS. The first-order valence-corrected chi connectivity index (χ1v) is 7.11. The third kappa shape index (κ3) is 3.66. The normalized spacial score (nSPS) is 16.6. The molecule has 0 radical (unpaired) electrons. The molecule has 1 saturated heterocycles. The molecule has 0 unspecified atom stereocenters. The zero-order valence-electron chi connectivity index (χ0n) is 9.89. The fraction of sp³-hybridized carbons (Fsp3) is 0.462. The quantitative estimate of drug-likeness (QED) is 0.814. The van der Waals surface area contributed by atoms with Gasteiger partial charge in [0.1, 0.15) is 0 Å². The Kier molecular flexibility index (Phi) is 4.31. The molecule has 1 amide bonds. The molecule has 2 N–H and O–H groups in total. The first-order chi connectivity index (χ1) is 8.25. The highest BCUT2D eigenvalue weighted by atomic mass is 32.2. The molecule has 0 bridgehead atoms. The van der Waals surface area contributed by atoms with Crippen molar-refractivity contribution in [3.8, 4) is 0 Å². The van der Waals surface area contributed by atoms with Crippen LogP contribution in [0.2, 0.25) is 0 Å². The van der Waals surface area contributed by atoms with Crippen molar-refractivity contribution in [2.75, 3.05) is 30.3 Å². The van der Waals surface area contributed by atoms with E-state index in [0.29, 0.717) is 6.42 Å². The summed E-state index contributed by atoms with van der Waals surface area (Å²) in [5.41, 5.74) is 7.41. The number of amides is 1. The van der Waals surface area contributed by atoms with E-state index < -0.39 is 0 Å². The number of nitrogen functional groups attached to an aromatic ring is 1. The second-order valence-electron chi connectivity index (χ2n) is 4.27. The summed E-state index contributed by atoms with van der Waals surface area (Å²) in [5, 5.41) is 0. The van der Waals surface area contributed by atoms with Gasteiger partial charge in [0.15, 0.2) is 0 Å². The Bertz CT molecular complexity index is 370. The summed E-state index contributed by atoms with van der Waals surface area (Å²) >= 11 is 1.93. The Hall–Kier alpha value is -1.16. The van der Waals surface area contributed by atoms with Crippen LogP contribution in [-0.4, -0.2) is 35.4 Å². The van der Waals surface area contributed by atoms with Crippen LogP contribution in [0.3, 0.4) is 0 Å². The lowest BCUT2D eigenvalue weighted by molar-refractivity contribution is -0.130. The average Bonchev–Trinajstić information content (AvgIpc) is 2.61. The van der Waals surface area contributed by atoms with Gasteiger partial charge in [-0.15, -0.1) is 0 Å². The number of benzene rings is 1. The fourth-order valence-electron chi connectivity index (χ4n) is 1.92. The average molecular weight is 250 g/mol. The van der Waals surface area contributed by atoms with Gasteiger partial charge in [0.2, 0.25) is 5.91 Å². The Labute approximate surface area is 106 Å². The van der Waals surface area contributed by atoms with E-state index in [-0.39, 0.29) is 5.91 Å². The Balaban J connectivity index is 1.93. The fourth-order valence-corrected chi connectivity index (χ4v) is 2.80. The second-order valence-corrected chi connectivity index (χ2v) is 5.49. The predicted octanol–water partition coefficient (Wildman–Crippen LogP) is 1.78. The molecule has 0 spiro atoms. The molecule has 0 atom stereocenters. The van der Waals surface area contributed by atoms with Crippen LogP contribution in [0.4, 0.5) is 5.69 Å². The molecular weight excluding hydrogens is 232 g/mol. The van der Waals surface area contributed by atoms with Gasteiger partial charge in [-0.3, -0.25) is 4.79 Å². The van der Waals surface area contributed by atoms with E-state index in [0.717, 1.165) is 36.5 Å². The molecule has 0 saturated carbocycles. The van der Waals surface area contributed by atoms with Crippen molar-refractivity contribution in [1.29, 1.82) is 0 Å². The number of hydrogen-bond acceptors (Lipinski definition) is 3. The standard InChI is InChI=1S/C13H18N2OS/c14-12-4-2-11(3-5-12)10-13(16)15-6-1-8-17-9-7-15/h2-5H,1,6-10,14H2. The number of carbonyl (C=O) groups excluding carboxylic acids is 1. The van der Waals surface area contributed by atoms with E-state index in [1.54, 1.807) is 0 Å². The van der Waals surface area contributed by atoms with Crippen LogP contribution in [0.5, 0.6) is 0 Å². The van der Waals surface area contributed by atoms with Gasteiger partial charge in [-0.2, -0.15) is 11.8 Å². The topological polar surface area (TPSA) is 46.3 Å². The molecule has 1 fully saturated rings. The van der Waals surface area contributed by atoms with Crippen molar-refractivity contribution < 1.29 is 4.79 Å².